The Morgan fingerprint density at radius 1 is 1.04 bits per heavy atom. The quantitative estimate of drug-likeness (QED) is 0.725. The van der Waals surface area contributed by atoms with Crippen molar-refractivity contribution < 1.29 is 9.59 Å². The van der Waals surface area contributed by atoms with E-state index < -0.39 is 0 Å². The minimum atomic E-state index is -0.306. The maximum Gasteiger partial charge on any atom is 0.258 e. The van der Waals surface area contributed by atoms with E-state index in [-0.39, 0.29) is 16.9 Å². The minimum Gasteiger partial charge on any atom is -0.339 e. The predicted octanol–water partition coefficient (Wildman–Crippen LogP) is 3.81. The van der Waals surface area contributed by atoms with Crippen molar-refractivity contribution in [2.24, 2.45) is 0 Å². The lowest BCUT2D eigenvalue weighted by Crippen LogP contribution is -2.34. The van der Waals surface area contributed by atoms with Gasteiger partial charge in [0.2, 0.25) is 0 Å². The number of benzene rings is 2. The molecule has 0 aromatic heterocycles. The summed E-state index contributed by atoms with van der Waals surface area (Å²) in [7, 11) is 0. The first-order valence-electron chi connectivity index (χ1n) is 8.31. The molecule has 1 heterocycles. The van der Waals surface area contributed by atoms with Gasteiger partial charge in [-0.25, -0.2) is 0 Å². The normalized spacial score (nSPS) is 13.3. The highest BCUT2D eigenvalue weighted by Crippen LogP contribution is 2.17. The summed E-state index contributed by atoms with van der Waals surface area (Å²) in [4.78, 5) is 26.6. The van der Waals surface area contributed by atoms with Crippen LogP contribution in [-0.4, -0.2) is 34.9 Å². The Balaban J connectivity index is 1.64. The second-order valence-electron chi connectivity index (χ2n) is 5.97. The molecule has 2 aromatic carbocycles. The first kappa shape index (κ1) is 18.5. The monoisotopic (exact) mass is 431 g/mol. The first-order chi connectivity index (χ1) is 12.5. The average molecular weight is 432 g/mol. The summed E-state index contributed by atoms with van der Waals surface area (Å²) in [5, 5.41) is 5.78. The predicted molar refractivity (Wildman–Crippen MR) is 109 cm³/mol. The van der Waals surface area contributed by atoms with Crippen molar-refractivity contribution in [3.8, 4) is 0 Å². The molecule has 5 nitrogen and oxygen atoms in total. The maximum atomic E-state index is 12.5. The highest BCUT2D eigenvalue weighted by atomic mass is 79.9. The fourth-order valence-electron chi connectivity index (χ4n) is 2.81. The summed E-state index contributed by atoms with van der Waals surface area (Å²) < 4.78 is 0.693. The third kappa shape index (κ3) is 4.47. The maximum absolute atomic E-state index is 12.5. The standard InChI is InChI=1S/C19H18BrN3O2S/c20-16-9-2-1-8-15(16)17(24)22-19(26)21-14-7-5-6-13(12-14)18(25)23-10-3-4-11-23/h1-2,5-9,12H,3-4,10-11H2,(H2,21,22,24,26). The van der Waals surface area contributed by atoms with E-state index in [0.29, 0.717) is 21.3 Å². The van der Waals surface area contributed by atoms with E-state index >= 15 is 0 Å². The molecular formula is C19H18BrN3O2S. The molecule has 2 amide bonds. The third-order valence-electron chi connectivity index (χ3n) is 4.11. The van der Waals surface area contributed by atoms with E-state index in [1.54, 1.807) is 42.5 Å². The van der Waals surface area contributed by atoms with E-state index in [1.165, 1.54) is 0 Å². The van der Waals surface area contributed by atoms with Crippen LogP contribution in [0.2, 0.25) is 0 Å². The van der Waals surface area contributed by atoms with Gasteiger partial charge in [0.25, 0.3) is 11.8 Å². The van der Waals surface area contributed by atoms with Gasteiger partial charge in [-0.3, -0.25) is 14.9 Å². The van der Waals surface area contributed by atoms with Gasteiger partial charge in [0.15, 0.2) is 5.11 Å². The van der Waals surface area contributed by atoms with Crippen molar-refractivity contribution in [2.45, 2.75) is 12.8 Å². The molecule has 1 fully saturated rings. The van der Waals surface area contributed by atoms with Gasteiger partial charge in [0.05, 0.1) is 5.56 Å². The van der Waals surface area contributed by atoms with Gasteiger partial charge >= 0.3 is 0 Å². The lowest BCUT2D eigenvalue weighted by molar-refractivity contribution is 0.0792. The number of nitrogens with zero attached hydrogens (tertiary/aromatic N) is 1. The molecule has 0 atom stereocenters. The molecule has 7 heteroatoms. The van der Waals surface area contributed by atoms with Crippen LogP contribution in [-0.2, 0) is 0 Å². The number of hydrogen-bond donors (Lipinski definition) is 2. The topological polar surface area (TPSA) is 61.4 Å². The molecule has 0 radical (unpaired) electrons. The Morgan fingerprint density at radius 3 is 2.50 bits per heavy atom. The Morgan fingerprint density at radius 2 is 1.77 bits per heavy atom. The molecule has 0 unspecified atom stereocenters. The summed E-state index contributed by atoms with van der Waals surface area (Å²) in [5.41, 5.74) is 1.76. The van der Waals surface area contributed by atoms with Crippen LogP contribution in [0.1, 0.15) is 33.6 Å². The molecule has 1 aliphatic heterocycles. The van der Waals surface area contributed by atoms with Crippen molar-refractivity contribution >= 4 is 50.8 Å². The number of amides is 2. The molecule has 1 aliphatic rings. The number of rotatable bonds is 3. The number of thiocarbonyl (C=S) groups is 1. The number of carbonyl (C=O) groups is 2. The molecule has 3 rings (SSSR count). The highest BCUT2D eigenvalue weighted by molar-refractivity contribution is 9.10. The highest BCUT2D eigenvalue weighted by Gasteiger charge is 2.19. The number of carbonyl (C=O) groups excluding carboxylic acids is 2. The molecule has 0 bridgehead atoms. The second-order valence-corrected chi connectivity index (χ2v) is 7.23. The average Bonchev–Trinajstić information content (AvgIpc) is 3.16. The molecule has 0 saturated carbocycles. The third-order valence-corrected chi connectivity index (χ3v) is 5.00. The first-order valence-corrected chi connectivity index (χ1v) is 9.51. The Labute approximate surface area is 165 Å². The van der Waals surface area contributed by atoms with Crippen LogP contribution < -0.4 is 10.6 Å². The Kier molecular flexibility index (Phi) is 6.00. The lowest BCUT2D eigenvalue weighted by Gasteiger charge is -2.16. The van der Waals surface area contributed by atoms with Gasteiger partial charge in [-0.1, -0.05) is 18.2 Å². The van der Waals surface area contributed by atoms with Crippen LogP contribution in [0.15, 0.2) is 53.0 Å². The zero-order valence-electron chi connectivity index (χ0n) is 14.0. The SMILES string of the molecule is O=C(NC(=S)Nc1cccc(C(=O)N2CCCC2)c1)c1ccccc1Br. The number of hydrogen-bond acceptors (Lipinski definition) is 3. The van der Waals surface area contributed by atoms with Crippen molar-refractivity contribution in [1.82, 2.24) is 10.2 Å². The van der Waals surface area contributed by atoms with Gasteiger partial charge in [-0.05, 0) is 71.3 Å². The van der Waals surface area contributed by atoms with E-state index in [4.69, 9.17) is 12.2 Å². The number of halogens is 1. The van der Waals surface area contributed by atoms with Gasteiger partial charge in [0.1, 0.15) is 0 Å². The molecule has 134 valence electrons. The fraction of sp³-hybridized carbons (Fsp3) is 0.211. The Hall–Kier alpha value is -2.25. The lowest BCUT2D eigenvalue weighted by atomic mass is 10.2. The summed E-state index contributed by atoms with van der Waals surface area (Å²) >= 11 is 8.56. The van der Waals surface area contributed by atoms with Crippen molar-refractivity contribution in [3.05, 3.63) is 64.1 Å². The summed E-state index contributed by atoms with van der Waals surface area (Å²) in [5.74, 6) is -0.284. The zero-order valence-corrected chi connectivity index (χ0v) is 16.4. The van der Waals surface area contributed by atoms with E-state index in [1.807, 2.05) is 11.0 Å². The molecular weight excluding hydrogens is 414 g/mol. The van der Waals surface area contributed by atoms with Crippen LogP contribution in [0.4, 0.5) is 5.69 Å². The smallest absolute Gasteiger partial charge is 0.258 e. The van der Waals surface area contributed by atoms with Crippen molar-refractivity contribution in [3.63, 3.8) is 0 Å². The molecule has 1 saturated heterocycles. The minimum absolute atomic E-state index is 0.0225. The van der Waals surface area contributed by atoms with Gasteiger partial charge < -0.3 is 10.2 Å². The number of nitrogens with one attached hydrogen (secondary N) is 2. The van der Waals surface area contributed by atoms with Crippen LogP contribution in [0, 0.1) is 0 Å². The van der Waals surface area contributed by atoms with E-state index in [2.05, 4.69) is 26.6 Å². The molecule has 2 aromatic rings. The van der Waals surface area contributed by atoms with Gasteiger partial charge in [-0.2, -0.15) is 0 Å². The zero-order chi connectivity index (χ0) is 18.5. The van der Waals surface area contributed by atoms with Crippen LogP contribution >= 0.6 is 28.1 Å². The number of likely N-dealkylation sites (tertiary alicyclic amines) is 1. The summed E-state index contributed by atoms with van der Waals surface area (Å²) in [6, 6.07) is 14.2. The van der Waals surface area contributed by atoms with Gasteiger partial charge in [0, 0.05) is 28.8 Å². The molecule has 26 heavy (non-hydrogen) atoms. The summed E-state index contributed by atoms with van der Waals surface area (Å²) in [6.07, 6.45) is 2.10. The van der Waals surface area contributed by atoms with Crippen molar-refractivity contribution in [2.75, 3.05) is 18.4 Å². The van der Waals surface area contributed by atoms with E-state index in [9.17, 15) is 9.59 Å². The van der Waals surface area contributed by atoms with Crippen LogP contribution in [0.3, 0.4) is 0 Å². The largest absolute Gasteiger partial charge is 0.339 e. The summed E-state index contributed by atoms with van der Waals surface area (Å²) in [6.45, 7) is 1.60. The molecule has 2 N–H and O–H groups in total. The van der Waals surface area contributed by atoms with Crippen LogP contribution in [0.5, 0.6) is 0 Å². The van der Waals surface area contributed by atoms with Crippen LogP contribution in [0.25, 0.3) is 0 Å². The molecule has 0 aliphatic carbocycles. The number of anilines is 1. The Bertz CT molecular complexity index is 850. The van der Waals surface area contributed by atoms with E-state index in [0.717, 1.165) is 25.9 Å². The molecule has 0 spiro atoms. The van der Waals surface area contributed by atoms with Crippen molar-refractivity contribution in [1.29, 1.82) is 0 Å². The fourth-order valence-corrected chi connectivity index (χ4v) is 3.49. The van der Waals surface area contributed by atoms with Gasteiger partial charge in [-0.15, -0.1) is 0 Å². The second kappa shape index (κ2) is 8.42.